The Kier molecular flexibility index (Phi) is 6.07. The molecule has 1 heterocycles. The van der Waals surface area contributed by atoms with Crippen LogP contribution in [0.1, 0.15) is 38.5 Å². The van der Waals surface area contributed by atoms with E-state index in [-0.39, 0.29) is 30.5 Å². The highest BCUT2D eigenvalue weighted by atomic mass is 127. The van der Waals surface area contributed by atoms with Gasteiger partial charge in [0.1, 0.15) is 0 Å². The minimum absolute atomic E-state index is 0. The summed E-state index contributed by atoms with van der Waals surface area (Å²) in [6.45, 7) is 2.01. The number of aliphatic imine (C=N–C) groups is 1. The Balaban J connectivity index is 0.00000162. The van der Waals surface area contributed by atoms with Crippen molar-refractivity contribution >= 4 is 29.9 Å². The van der Waals surface area contributed by atoms with Gasteiger partial charge in [0.05, 0.1) is 12.0 Å². The number of alkyl halides is 2. The van der Waals surface area contributed by atoms with E-state index in [1.54, 1.807) is 0 Å². The van der Waals surface area contributed by atoms with E-state index in [2.05, 4.69) is 4.99 Å². The Morgan fingerprint density at radius 2 is 1.72 bits per heavy atom. The summed E-state index contributed by atoms with van der Waals surface area (Å²) in [7, 11) is 0. The van der Waals surface area contributed by atoms with E-state index in [1.165, 1.54) is 12.8 Å². The van der Waals surface area contributed by atoms with E-state index in [4.69, 9.17) is 5.73 Å². The van der Waals surface area contributed by atoms with Crippen molar-refractivity contribution < 1.29 is 8.78 Å². The van der Waals surface area contributed by atoms with Crippen LogP contribution in [-0.2, 0) is 0 Å². The zero-order valence-electron chi connectivity index (χ0n) is 10.6. The van der Waals surface area contributed by atoms with Crippen LogP contribution in [0.4, 0.5) is 8.78 Å². The fraction of sp³-hybridized carbons (Fsp3) is 0.917. The van der Waals surface area contributed by atoms with Crippen LogP contribution in [0.25, 0.3) is 0 Å². The first kappa shape index (κ1) is 15.9. The molecule has 2 aliphatic rings. The van der Waals surface area contributed by atoms with Crippen LogP contribution in [0.5, 0.6) is 0 Å². The third-order valence-electron chi connectivity index (χ3n) is 3.84. The molecule has 0 spiro atoms. The number of guanidine groups is 1. The average Bonchev–Trinajstić information content (AvgIpc) is 3.11. The number of halogens is 3. The summed E-state index contributed by atoms with van der Waals surface area (Å²) in [5.41, 5.74) is 5.03. The van der Waals surface area contributed by atoms with Crippen molar-refractivity contribution in [2.75, 3.05) is 19.6 Å². The van der Waals surface area contributed by atoms with Gasteiger partial charge in [-0.1, -0.05) is 12.8 Å². The Labute approximate surface area is 124 Å². The third-order valence-corrected chi connectivity index (χ3v) is 3.84. The van der Waals surface area contributed by atoms with Crippen molar-refractivity contribution in [1.82, 2.24) is 4.90 Å². The highest BCUT2D eigenvalue weighted by Gasteiger charge is 2.50. The first-order valence-electron chi connectivity index (χ1n) is 6.47. The monoisotopic (exact) mass is 373 g/mol. The van der Waals surface area contributed by atoms with Crippen molar-refractivity contribution in [2.45, 2.75) is 45.0 Å². The van der Waals surface area contributed by atoms with Gasteiger partial charge in [-0.05, 0) is 25.7 Å². The topological polar surface area (TPSA) is 41.6 Å². The number of likely N-dealkylation sites (tertiary alicyclic amines) is 1. The molecule has 1 saturated carbocycles. The van der Waals surface area contributed by atoms with Gasteiger partial charge in [0.25, 0.3) is 0 Å². The van der Waals surface area contributed by atoms with Crippen molar-refractivity contribution in [3.63, 3.8) is 0 Å². The predicted molar refractivity (Wildman–Crippen MR) is 79.6 cm³/mol. The Morgan fingerprint density at radius 3 is 2.17 bits per heavy atom. The minimum atomic E-state index is -2.26. The van der Waals surface area contributed by atoms with Crippen LogP contribution < -0.4 is 5.73 Å². The van der Waals surface area contributed by atoms with E-state index in [1.807, 2.05) is 4.90 Å². The molecule has 1 saturated heterocycles. The fourth-order valence-electron chi connectivity index (χ4n) is 2.24. The maximum Gasteiger partial charge on any atom is 0.245 e. The summed E-state index contributed by atoms with van der Waals surface area (Å²) < 4.78 is 25.4. The molecular weight excluding hydrogens is 351 g/mol. The molecule has 6 heteroatoms. The second-order valence-corrected chi connectivity index (χ2v) is 5.24. The van der Waals surface area contributed by atoms with Crippen LogP contribution in [0.2, 0.25) is 0 Å². The summed E-state index contributed by atoms with van der Waals surface area (Å²) >= 11 is 0. The molecule has 0 aromatic rings. The van der Waals surface area contributed by atoms with Crippen molar-refractivity contribution in [1.29, 1.82) is 0 Å². The summed E-state index contributed by atoms with van der Waals surface area (Å²) in [5.74, 6) is 0.457. The van der Waals surface area contributed by atoms with Crippen molar-refractivity contribution in [3.05, 3.63) is 0 Å². The number of hydrogen-bond donors (Lipinski definition) is 1. The maximum absolute atomic E-state index is 12.7. The molecule has 106 valence electrons. The lowest BCUT2D eigenvalue weighted by Crippen LogP contribution is -2.38. The van der Waals surface area contributed by atoms with E-state index in [9.17, 15) is 8.78 Å². The molecule has 2 fully saturated rings. The highest BCUT2D eigenvalue weighted by Crippen LogP contribution is 2.50. The smallest absolute Gasteiger partial charge is 0.245 e. The van der Waals surface area contributed by atoms with Gasteiger partial charge in [0, 0.05) is 13.1 Å². The molecule has 3 nitrogen and oxygen atoms in total. The van der Waals surface area contributed by atoms with Gasteiger partial charge in [-0.2, -0.15) is 0 Å². The fourth-order valence-corrected chi connectivity index (χ4v) is 2.24. The van der Waals surface area contributed by atoms with Gasteiger partial charge in [-0.15, -0.1) is 24.0 Å². The van der Waals surface area contributed by atoms with Gasteiger partial charge < -0.3 is 10.6 Å². The molecule has 0 aromatic carbocycles. The lowest BCUT2D eigenvalue weighted by Gasteiger charge is -2.22. The molecule has 0 unspecified atom stereocenters. The lowest BCUT2D eigenvalue weighted by atomic mass is 10.1. The standard InChI is InChI=1S/C12H21F2N3.HI/c13-10(14)12(5-6-12)9-16-11(15)17-7-3-1-2-4-8-17;/h10H,1-9H2,(H2,15,16);1H. The van der Waals surface area contributed by atoms with E-state index in [0.717, 1.165) is 25.9 Å². The minimum Gasteiger partial charge on any atom is -0.370 e. The first-order chi connectivity index (χ1) is 8.14. The Hall–Kier alpha value is -0.140. The first-order valence-corrected chi connectivity index (χ1v) is 6.47. The van der Waals surface area contributed by atoms with E-state index >= 15 is 0 Å². The normalized spacial score (nSPS) is 23.5. The zero-order valence-corrected chi connectivity index (χ0v) is 12.9. The van der Waals surface area contributed by atoms with E-state index in [0.29, 0.717) is 18.8 Å². The van der Waals surface area contributed by atoms with Crippen molar-refractivity contribution in [3.8, 4) is 0 Å². The molecule has 0 radical (unpaired) electrons. The summed E-state index contributed by atoms with van der Waals surface area (Å²) in [5, 5.41) is 0. The Morgan fingerprint density at radius 1 is 1.17 bits per heavy atom. The lowest BCUT2D eigenvalue weighted by molar-refractivity contribution is 0.0666. The summed E-state index contributed by atoms with van der Waals surface area (Å²) in [6.07, 6.45) is 3.60. The number of nitrogens with two attached hydrogens (primary N) is 1. The average molecular weight is 373 g/mol. The quantitative estimate of drug-likeness (QED) is 0.470. The van der Waals surface area contributed by atoms with Crippen LogP contribution in [0.3, 0.4) is 0 Å². The molecule has 0 atom stereocenters. The second kappa shape index (κ2) is 6.86. The van der Waals surface area contributed by atoms with Crippen LogP contribution in [0.15, 0.2) is 4.99 Å². The van der Waals surface area contributed by atoms with Crippen LogP contribution in [0, 0.1) is 5.41 Å². The van der Waals surface area contributed by atoms with Gasteiger partial charge >= 0.3 is 0 Å². The molecule has 0 amide bonds. The number of nitrogens with zero attached hydrogens (tertiary/aromatic N) is 2. The van der Waals surface area contributed by atoms with Gasteiger partial charge in [0.15, 0.2) is 5.96 Å². The third kappa shape index (κ3) is 3.93. The Bertz CT molecular complexity index is 285. The largest absolute Gasteiger partial charge is 0.370 e. The molecular formula is C12H22F2IN3. The van der Waals surface area contributed by atoms with Crippen molar-refractivity contribution in [2.24, 2.45) is 16.1 Å². The maximum atomic E-state index is 12.7. The predicted octanol–water partition coefficient (Wildman–Crippen LogP) is 2.84. The summed E-state index contributed by atoms with van der Waals surface area (Å²) in [6, 6.07) is 0. The second-order valence-electron chi connectivity index (χ2n) is 5.24. The van der Waals surface area contributed by atoms with E-state index < -0.39 is 11.8 Å². The molecule has 0 bridgehead atoms. The van der Waals surface area contributed by atoms with Crippen LogP contribution in [-0.4, -0.2) is 36.9 Å². The molecule has 1 aliphatic heterocycles. The SMILES string of the molecule is I.NC(=NCC1(C(F)F)CC1)N1CCCCCC1. The molecule has 1 aliphatic carbocycles. The molecule has 0 aromatic heterocycles. The van der Waals surface area contributed by atoms with Crippen LogP contribution >= 0.6 is 24.0 Å². The molecule has 18 heavy (non-hydrogen) atoms. The number of hydrogen-bond acceptors (Lipinski definition) is 1. The summed E-state index contributed by atoms with van der Waals surface area (Å²) in [4.78, 5) is 6.22. The van der Waals surface area contributed by atoms with Gasteiger partial charge in [0.2, 0.25) is 6.43 Å². The molecule has 2 N–H and O–H groups in total. The highest BCUT2D eigenvalue weighted by molar-refractivity contribution is 14.0. The number of rotatable bonds is 3. The van der Waals surface area contributed by atoms with Gasteiger partial charge in [-0.3, -0.25) is 4.99 Å². The molecule has 2 rings (SSSR count). The zero-order chi connectivity index (χ0) is 12.3. The van der Waals surface area contributed by atoms with Gasteiger partial charge in [-0.25, -0.2) is 8.78 Å².